The van der Waals surface area contributed by atoms with E-state index in [9.17, 15) is 9.59 Å². The molecule has 0 fully saturated rings. The molecular weight excluding hydrogens is 328 g/mol. The Labute approximate surface area is 160 Å². The van der Waals surface area contributed by atoms with Crippen LogP contribution in [0.25, 0.3) is 0 Å². The molecule has 0 N–H and O–H groups in total. The Balaban J connectivity index is 3.51. The summed E-state index contributed by atoms with van der Waals surface area (Å²) in [6.07, 6.45) is 19.9. The summed E-state index contributed by atoms with van der Waals surface area (Å²) in [5.41, 5.74) is 0. The van der Waals surface area contributed by atoms with Gasteiger partial charge in [0.1, 0.15) is 13.2 Å². The van der Waals surface area contributed by atoms with E-state index in [4.69, 9.17) is 9.47 Å². The normalized spacial score (nSPS) is 11.3. The summed E-state index contributed by atoms with van der Waals surface area (Å²) in [5, 5.41) is 0. The van der Waals surface area contributed by atoms with Gasteiger partial charge in [0.2, 0.25) is 0 Å². The van der Waals surface area contributed by atoms with Crippen LogP contribution in [0.1, 0.15) is 90.9 Å². The van der Waals surface area contributed by atoms with Crippen molar-refractivity contribution in [3.8, 4) is 0 Å². The predicted octanol–water partition coefficient (Wildman–Crippen LogP) is 5.91. The summed E-state index contributed by atoms with van der Waals surface area (Å²) in [5.74, 6) is -0.715. The Morgan fingerprint density at radius 1 is 0.615 bits per heavy atom. The van der Waals surface area contributed by atoms with Crippen molar-refractivity contribution in [1.82, 2.24) is 0 Å². The number of hydrogen-bond acceptors (Lipinski definition) is 4. The lowest BCUT2D eigenvalue weighted by Gasteiger charge is -2.03. The highest BCUT2D eigenvalue weighted by Crippen LogP contribution is 2.04. The standard InChI is InChI=1S/C22H38O4/c1-3-5-7-9-11-13-15-19-25-21(23)17-18-22(24)26-20-16-14-12-10-8-6-4-2/h13-16H,3-12,17-20H2,1-2H3. The number of ether oxygens (including phenoxy) is 2. The second kappa shape index (κ2) is 19.7. The molecular formula is C22H38O4. The SMILES string of the molecule is CCCCCCC=CCOC(=O)CCC(=O)OCC=CCCCCCC. The lowest BCUT2D eigenvalue weighted by atomic mass is 10.1. The van der Waals surface area contributed by atoms with Crippen LogP contribution in [0, 0.1) is 0 Å². The van der Waals surface area contributed by atoms with E-state index in [0.717, 1.165) is 12.8 Å². The quantitative estimate of drug-likeness (QED) is 0.182. The zero-order valence-electron chi connectivity index (χ0n) is 16.8. The van der Waals surface area contributed by atoms with Crippen LogP contribution in [0.5, 0.6) is 0 Å². The summed E-state index contributed by atoms with van der Waals surface area (Å²) in [6.45, 7) is 4.94. The van der Waals surface area contributed by atoms with E-state index >= 15 is 0 Å². The van der Waals surface area contributed by atoms with Crippen LogP contribution in [-0.4, -0.2) is 25.2 Å². The molecule has 4 heteroatoms. The third kappa shape index (κ3) is 18.8. The lowest BCUT2D eigenvalue weighted by molar-refractivity contribution is -0.149. The van der Waals surface area contributed by atoms with Gasteiger partial charge in [-0.25, -0.2) is 0 Å². The van der Waals surface area contributed by atoms with E-state index in [1.807, 2.05) is 24.3 Å². The Bertz CT molecular complexity index is 361. The van der Waals surface area contributed by atoms with Crippen molar-refractivity contribution < 1.29 is 19.1 Å². The summed E-state index contributed by atoms with van der Waals surface area (Å²) < 4.78 is 10.1. The molecule has 0 aromatic carbocycles. The molecule has 0 aliphatic heterocycles. The van der Waals surface area contributed by atoms with Crippen molar-refractivity contribution >= 4 is 11.9 Å². The van der Waals surface area contributed by atoms with Crippen LogP contribution >= 0.6 is 0 Å². The molecule has 26 heavy (non-hydrogen) atoms. The Morgan fingerprint density at radius 2 is 1.04 bits per heavy atom. The van der Waals surface area contributed by atoms with Gasteiger partial charge >= 0.3 is 11.9 Å². The second-order valence-corrected chi connectivity index (χ2v) is 6.51. The number of rotatable bonds is 17. The molecule has 0 bridgehead atoms. The fourth-order valence-electron chi connectivity index (χ4n) is 2.38. The van der Waals surface area contributed by atoms with Gasteiger partial charge in [0.25, 0.3) is 0 Å². The van der Waals surface area contributed by atoms with Crippen molar-refractivity contribution in [2.24, 2.45) is 0 Å². The number of allylic oxidation sites excluding steroid dienone is 2. The Morgan fingerprint density at radius 3 is 1.42 bits per heavy atom. The van der Waals surface area contributed by atoms with Crippen molar-refractivity contribution in [3.63, 3.8) is 0 Å². The minimum Gasteiger partial charge on any atom is -0.461 e. The van der Waals surface area contributed by atoms with E-state index in [0.29, 0.717) is 0 Å². The summed E-state index contributed by atoms with van der Waals surface area (Å²) in [4.78, 5) is 23.1. The maximum Gasteiger partial charge on any atom is 0.306 e. The number of carbonyl (C=O) groups excluding carboxylic acids is 2. The van der Waals surface area contributed by atoms with Crippen LogP contribution in [0.4, 0.5) is 0 Å². The minimum atomic E-state index is -0.357. The van der Waals surface area contributed by atoms with E-state index in [-0.39, 0.29) is 38.0 Å². The molecule has 0 unspecified atom stereocenters. The average molecular weight is 367 g/mol. The van der Waals surface area contributed by atoms with E-state index in [2.05, 4.69) is 13.8 Å². The predicted molar refractivity (Wildman–Crippen MR) is 107 cm³/mol. The molecule has 4 nitrogen and oxygen atoms in total. The largest absolute Gasteiger partial charge is 0.461 e. The molecule has 0 aliphatic rings. The monoisotopic (exact) mass is 366 g/mol. The first-order valence-corrected chi connectivity index (χ1v) is 10.3. The summed E-state index contributed by atoms with van der Waals surface area (Å²) in [7, 11) is 0. The second-order valence-electron chi connectivity index (χ2n) is 6.51. The van der Waals surface area contributed by atoms with Crippen LogP contribution in [0.3, 0.4) is 0 Å². The highest BCUT2D eigenvalue weighted by Gasteiger charge is 2.07. The average Bonchev–Trinajstić information content (AvgIpc) is 2.64. The molecule has 0 saturated heterocycles. The van der Waals surface area contributed by atoms with Crippen molar-refractivity contribution in [2.45, 2.75) is 90.9 Å². The molecule has 0 aromatic rings. The fraction of sp³-hybridized carbons (Fsp3) is 0.727. The summed E-state index contributed by atoms with van der Waals surface area (Å²) >= 11 is 0. The molecule has 0 saturated carbocycles. The molecule has 0 radical (unpaired) electrons. The number of unbranched alkanes of at least 4 members (excludes halogenated alkanes) is 8. The smallest absolute Gasteiger partial charge is 0.306 e. The van der Waals surface area contributed by atoms with Gasteiger partial charge in [0.15, 0.2) is 0 Å². The van der Waals surface area contributed by atoms with Crippen LogP contribution in [0.2, 0.25) is 0 Å². The highest BCUT2D eigenvalue weighted by molar-refractivity contribution is 5.77. The molecule has 0 rings (SSSR count). The van der Waals surface area contributed by atoms with E-state index in [1.54, 1.807) is 0 Å². The van der Waals surface area contributed by atoms with Crippen LogP contribution < -0.4 is 0 Å². The molecule has 0 amide bonds. The van der Waals surface area contributed by atoms with Gasteiger partial charge in [0, 0.05) is 0 Å². The molecule has 0 spiro atoms. The van der Waals surface area contributed by atoms with Crippen molar-refractivity contribution in [3.05, 3.63) is 24.3 Å². The molecule has 150 valence electrons. The Kier molecular flexibility index (Phi) is 18.5. The molecule has 0 aromatic heterocycles. The first-order chi connectivity index (χ1) is 12.7. The van der Waals surface area contributed by atoms with Gasteiger partial charge in [-0.15, -0.1) is 0 Å². The number of carbonyl (C=O) groups is 2. The van der Waals surface area contributed by atoms with E-state index < -0.39 is 0 Å². The first-order valence-electron chi connectivity index (χ1n) is 10.3. The highest BCUT2D eigenvalue weighted by atomic mass is 16.5. The fourth-order valence-corrected chi connectivity index (χ4v) is 2.38. The van der Waals surface area contributed by atoms with Crippen molar-refractivity contribution in [2.75, 3.05) is 13.2 Å². The van der Waals surface area contributed by atoms with Crippen molar-refractivity contribution in [1.29, 1.82) is 0 Å². The third-order valence-electron chi connectivity index (χ3n) is 4.00. The maximum absolute atomic E-state index is 11.5. The number of esters is 2. The van der Waals surface area contributed by atoms with Crippen LogP contribution in [0.15, 0.2) is 24.3 Å². The number of hydrogen-bond donors (Lipinski definition) is 0. The minimum absolute atomic E-state index is 0.0733. The van der Waals surface area contributed by atoms with Gasteiger partial charge < -0.3 is 9.47 Å². The topological polar surface area (TPSA) is 52.6 Å². The van der Waals surface area contributed by atoms with Crippen LogP contribution in [-0.2, 0) is 19.1 Å². The molecule has 0 aliphatic carbocycles. The van der Waals surface area contributed by atoms with Gasteiger partial charge in [-0.3, -0.25) is 9.59 Å². The summed E-state index contributed by atoms with van der Waals surface area (Å²) in [6, 6.07) is 0. The van der Waals surface area contributed by atoms with Gasteiger partial charge in [-0.05, 0) is 25.7 Å². The third-order valence-corrected chi connectivity index (χ3v) is 4.00. The van der Waals surface area contributed by atoms with Gasteiger partial charge in [-0.1, -0.05) is 76.7 Å². The first kappa shape index (κ1) is 24.4. The maximum atomic E-state index is 11.5. The lowest BCUT2D eigenvalue weighted by Crippen LogP contribution is -2.10. The molecule has 0 heterocycles. The van der Waals surface area contributed by atoms with Gasteiger partial charge in [-0.2, -0.15) is 0 Å². The molecule has 0 atom stereocenters. The van der Waals surface area contributed by atoms with Gasteiger partial charge in [0.05, 0.1) is 12.8 Å². The zero-order chi connectivity index (χ0) is 19.3. The Hall–Kier alpha value is -1.58. The zero-order valence-corrected chi connectivity index (χ0v) is 16.8. The van der Waals surface area contributed by atoms with E-state index in [1.165, 1.54) is 51.4 Å².